The first-order chi connectivity index (χ1) is 15.2. The highest BCUT2D eigenvalue weighted by atomic mass is 32.1. The van der Waals surface area contributed by atoms with Gasteiger partial charge in [0, 0.05) is 16.5 Å². The van der Waals surface area contributed by atoms with Gasteiger partial charge in [0.15, 0.2) is 10.2 Å². The van der Waals surface area contributed by atoms with E-state index in [0.29, 0.717) is 10.7 Å². The molecule has 0 radical (unpaired) electrons. The lowest BCUT2D eigenvalue weighted by molar-refractivity contribution is 0.0978. The summed E-state index contributed by atoms with van der Waals surface area (Å²) in [5, 5.41) is 10.8. The molecule has 0 fully saturated rings. The third-order valence-corrected chi connectivity index (χ3v) is 6.57. The van der Waals surface area contributed by atoms with Crippen molar-refractivity contribution in [2.45, 2.75) is 25.7 Å². The van der Waals surface area contributed by atoms with Gasteiger partial charge in [0.05, 0.1) is 5.69 Å². The van der Waals surface area contributed by atoms with Crippen molar-refractivity contribution in [3.63, 3.8) is 0 Å². The molecular weight excluding hydrogens is 422 g/mol. The number of rotatable bonds is 3. The summed E-state index contributed by atoms with van der Waals surface area (Å²) in [6, 6.07) is 20.2. The minimum atomic E-state index is -0.241. The smallest absolute Gasteiger partial charge is 0.257 e. The Labute approximate surface area is 190 Å². The van der Waals surface area contributed by atoms with E-state index in [1.807, 2.05) is 41.8 Å². The molecule has 154 valence electrons. The number of amides is 1. The van der Waals surface area contributed by atoms with Crippen LogP contribution in [0, 0.1) is 0 Å². The van der Waals surface area contributed by atoms with Crippen molar-refractivity contribution in [3.8, 4) is 11.3 Å². The molecule has 0 spiro atoms. The summed E-state index contributed by atoms with van der Waals surface area (Å²) in [6.45, 7) is 0. The first-order valence-corrected chi connectivity index (χ1v) is 11.6. The molecule has 4 aromatic rings. The monoisotopic (exact) mass is 443 g/mol. The van der Waals surface area contributed by atoms with E-state index in [0.717, 1.165) is 28.5 Å². The van der Waals surface area contributed by atoms with E-state index >= 15 is 0 Å². The fraction of sp³-hybridized carbons (Fsp3) is 0.160. The molecule has 0 saturated carbocycles. The Morgan fingerprint density at radius 1 is 0.935 bits per heavy atom. The lowest BCUT2D eigenvalue weighted by Crippen LogP contribution is -2.34. The molecule has 1 amide bonds. The predicted molar refractivity (Wildman–Crippen MR) is 132 cm³/mol. The maximum absolute atomic E-state index is 12.6. The number of aromatic nitrogens is 1. The number of nitrogens with zero attached hydrogens (tertiary/aromatic N) is 1. The molecule has 1 aliphatic carbocycles. The Morgan fingerprint density at radius 2 is 1.74 bits per heavy atom. The molecule has 5 rings (SSSR count). The van der Waals surface area contributed by atoms with E-state index in [4.69, 9.17) is 12.2 Å². The quantitative estimate of drug-likeness (QED) is 0.383. The van der Waals surface area contributed by atoms with E-state index in [-0.39, 0.29) is 11.0 Å². The Balaban J connectivity index is 1.25. The number of hydrogen-bond acceptors (Lipinski definition) is 4. The summed E-state index contributed by atoms with van der Waals surface area (Å²) in [6.07, 6.45) is 4.85. The molecule has 1 heterocycles. The Kier molecular flexibility index (Phi) is 5.49. The molecule has 0 unspecified atom stereocenters. The van der Waals surface area contributed by atoms with Gasteiger partial charge in [-0.25, -0.2) is 4.98 Å². The number of anilines is 1. The summed E-state index contributed by atoms with van der Waals surface area (Å²) >= 11 is 6.81. The van der Waals surface area contributed by atoms with Crippen LogP contribution in [-0.4, -0.2) is 16.0 Å². The lowest BCUT2D eigenvalue weighted by atomic mass is 9.90. The molecule has 6 heteroatoms. The minimum absolute atomic E-state index is 0.240. The molecule has 3 aromatic carbocycles. The fourth-order valence-electron chi connectivity index (χ4n) is 3.99. The van der Waals surface area contributed by atoms with Gasteiger partial charge < -0.3 is 5.32 Å². The van der Waals surface area contributed by atoms with Crippen molar-refractivity contribution in [2.24, 2.45) is 0 Å². The number of thiocarbonyl (C=S) groups is 1. The molecule has 1 aromatic heterocycles. The number of hydrogen-bond donors (Lipinski definition) is 2. The standard InChI is InChI=1S/C25H21N3OS2/c29-23(21-12-10-17-6-2-4-8-19(17)14-21)27-24(30)28-25-26-22(15-31-25)20-11-9-16-5-1-3-7-18(16)13-20/h2,4,6,8-15H,1,3,5,7H2,(H2,26,27,28,29,30). The highest BCUT2D eigenvalue weighted by Gasteiger charge is 2.13. The zero-order chi connectivity index (χ0) is 21.2. The van der Waals surface area contributed by atoms with Crippen LogP contribution in [0.1, 0.15) is 34.3 Å². The van der Waals surface area contributed by atoms with Crippen molar-refractivity contribution in [2.75, 3.05) is 5.32 Å². The second-order valence-electron chi connectivity index (χ2n) is 7.70. The van der Waals surface area contributed by atoms with Crippen molar-refractivity contribution >= 4 is 50.5 Å². The maximum atomic E-state index is 12.6. The molecule has 0 atom stereocenters. The Bertz CT molecular complexity index is 1290. The van der Waals surface area contributed by atoms with E-state index in [9.17, 15) is 4.79 Å². The summed E-state index contributed by atoms with van der Waals surface area (Å²) in [7, 11) is 0. The fourth-order valence-corrected chi connectivity index (χ4v) is 4.97. The third kappa shape index (κ3) is 4.36. The maximum Gasteiger partial charge on any atom is 0.257 e. The zero-order valence-electron chi connectivity index (χ0n) is 16.9. The average molecular weight is 444 g/mol. The number of fused-ring (bicyclic) bond motifs is 2. The van der Waals surface area contributed by atoms with Crippen molar-refractivity contribution in [1.82, 2.24) is 10.3 Å². The average Bonchev–Trinajstić information content (AvgIpc) is 3.26. The highest BCUT2D eigenvalue weighted by molar-refractivity contribution is 7.80. The number of carbonyl (C=O) groups is 1. The lowest BCUT2D eigenvalue weighted by Gasteiger charge is -2.16. The Morgan fingerprint density at radius 3 is 2.61 bits per heavy atom. The van der Waals surface area contributed by atoms with Crippen LogP contribution < -0.4 is 10.6 Å². The van der Waals surface area contributed by atoms with Crippen LogP contribution in [0.15, 0.2) is 66.0 Å². The first kappa shape index (κ1) is 19.8. The first-order valence-electron chi connectivity index (χ1n) is 10.3. The highest BCUT2D eigenvalue weighted by Crippen LogP contribution is 2.29. The number of benzene rings is 3. The SMILES string of the molecule is O=C(NC(=S)Nc1nc(-c2ccc3c(c2)CCCC3)cs1)c1ccc2ccccc2c1. The van der Waals surface area contributed by atoms with Crippen LogP contribution in [0.3, 0.4) is 0 Å². The summed E-state index contributed by atoms with van der Waals surface area (Å²) in [5.74, 6) is -0.241. The van der Waals surface area contributed by atoms with Gasteiger partial charge in [0.25, 0.3) is 5.91 Å². The molecule has 1 aliphatic rings. The van der Waals surface area contributed by atoms with Gasteiger partial charge in [-0.3, -0.25) is 10.1 Å². The molecule has 0 aliphatic heterocycles. The molecular formula is C25H21N3OS2. The van der Waals surface area contributed by atoms with E-state index in [2.05, 4.69) is 33.8 Å². The van der Waals surface area contributed by atoms with Crippen LogP contribution in [0.2, 0.25) is 0 Å². The van der Waals surface area contributed by atoms with Crippen LogP contribution in [-0.2, 0) is 12.8 Å². The van der Waals surface area contributed by atoms with Crippen LogP contribution in [0.25, 0.3) is 22.0 Å². The largest absolute Gasteiger partial charge is 0.308 e. The zero-order valence-corrected chi connectivity index (χ0v) is 18.5. The summed E-state index contributed by atoms with van der Waals surface area (Å²) in [5.41, 5.74) is 5.50. The van der Waals surface area contributed by atoms with E-state index in [1.54, 1.807) is 6.07 Å². The van der Waals surface area contributed by atoms with Crippen LogP contribution in [0.4, 0.5) is 5.13 Å². The second kappa shape index (κ2) is 8.57. The third-order valence-electron chi connectivity index (χ3n) is 5.61. The number of carbonyl (C=O) groups excluding carboxylic acids is 1. The van der Waals surface area contributed by atoms with Crippen molar-refractivity contribution < 1.29 is 4.79 Å². The summed E-state index contributed by atoms with van der Waals surface area (Å²) in [4.78, 5) is 17.3. The van der Waals surface area contributed by atoms with Crippen LogP contribution in [0.5, 0.6) is 0 Å². The van der Waals surface area contributed by atoms with E-state index in [1.165, 1.54) is 41.7 Å². The van der Waals surface area contributed by atoms with Gasteiger partial charge in [-0.15, -0.1) is 11.3 Å². The number of nitrogens with one attached hydrogen (secondary N) is 2. The topological polar surface area (TPSA) is 54.0 Å². The number of thiazole rings is 1. The van der Waals surface area contributed by atoms with Gasteiger partial charge >= 0.3 is 0 Å². The molecule has 0 bridgehead atoms. The molecule has 4 nitrogen and oxygen atoms in total. The van der Waals surface area contributed by atoms with Crippen molar-refractivity contribution in [1.29, 1.82) is 0 Å². The van der Waals surface area contributed by atoms with Gasteiger partial charge in [-0.1, -0.05) is 42.5 Å². The van der Waals surface area contributed by atoms with Gasteiger partial charge in [0.1, 0.15) is 0 Å². The Hall–Kier alpha value is -3.09. The van der Waals surface area contributed by atoms with Crippen molar-refractivity contribution in [3.05, 3.63) is 82.7 Å². The van der Waals surface area contributed by atoms with Gasteiger partial charge in [0.2, 0.25) is 0 Å². The molecule has 0 saturated heterocycles. The molecule has 2 N–H and O–H groups in total. The van der Waals surface area contributed by atoms with Gasteiger partial charge in [-0.2, -0.15) is 0 Å². The van der Waals surface area contributed by atoms with Crippen LogP contribution >= 0.6 is 23.6 Å². The minimum Gasteiger partial charge on any atom is -0.308 e. The normalized spacial score (nSPS) is 12.9. The van der Waals surface area contributed by atoms with Gasteiger partial charge in [-0.05, 0) is 78.0 Å². The number of aryl methyl sites for hydroxylation is 2. The predicted octanol–water partition coefficient (Wildman–Crippen LogP) is 5.97. The summed E-state index contributed by atoms with van der Waals surface area (Å²) < 4.78 is 0. The van der Waals surface area contributed by atoms with E-state index < -0.39 is 0 Å². The molecule has 31 heavy (non-hydrogen) atoms. The second-order valence-corrected chi connectivity index (χ2v) is 8.97.